The van der Waals surface area contributed by atoms with Gasteiger partial charge in [-0.25, -0.2) is 0 Å². The van der Waals surface area contributed by atoms with Crippen LogP contribution in [-0.2, 0) is 0 Å². The van der Waals surface area contributed by atoms with E-state index in [1.807, 2.05) is 0 Å². The summed E-state index contributed by atoms with van der Waals surface area (Å²) >= 11 is 0. The van der Waals surface area contributed by atoms with Crippen molar-refractivity contribution in [3.8, 4) is 44.5 Å². The summed E-state index contributed by atoms with van der Waals surface area (Å²) in [5.41, 5.74) is 12.6. The first kappa shape index (κ1) is 11.7. The molecular formula is C23H14. The van der Waals surface area contributed by atoms with E-state index in [0.29, 0.717) is 0 Å². The van der Waals surface area contributed by atoms with E-state index in [1.165, 1.54) is 60.8 Å². The van der Waals surface area contributed by atoms with Crippen LogP contribution in [0, 0.1) is 6.92 Å². The fraction of sp³-hybridized carbons (Fsp3) is 0.0435. The van der Waals surface area contributed by atoms with Crippen LogP contribution in [0.25, 0.3) is 55.3 Å². The zero-order chi connectivity index (χ0) is 15.1. The van der Waals surface area contributed by atoms with Crippen LogP contribution in [0.5, 0.6) is 0 Å². The van der Waals surface area contributed by atoms with Crippen molar-refractivity contribution >= 4 is 10.8 Å². The van der Waals surface area contributed by atoms with Crippen LogP contribution in [0.3, 0.4) is 0 Å². The van der Waals surface area contributed by atoms with E-state index in [0.717, 1.165) is 0 Å². The minimum atomic E-state index is 1.34. The number of benzene rings is 4. The molecule has 0 saturated carbocycles. The smallest absolute Gasteiger partial charge is 0.00195 e. The zero-order valence-corrected chi connectivity index (χ0v) is 12.9. The van der Waals surface area contributed by atoms with E-state index in [2.05, 4.69) is 73.7 Å². The molecule has 0 atom stereocenters. The second-order valence-electron chi connectivity index (χ2n) is 6.67. The Morgan fingerprint density at radius 1 is 0.522 bits per heavy atom. The van der Waals surface area contributed by atoms with Crippen molar-refractivity contribution in [2.75, 3.05) is 0 Å². The van der Waals surface area contributed by atoms with Crippen molar-refractivity contribution < 1.29 is 0 Å². The lowest BCUT2D eigenvalue weighted by Crippen LogP contribution is -2.00. The molecule has 0 fully saturated rings. The van der Waals surface area contributed by atoms with E-state index in [4.69, 9.17) is 0 Å². The van der Waals surface area contributed by atoms with Gasteiger partial charge in [-0.1, -0.05) is 60.7 Å². The highest BCUT2D eigenvalue weighted by molar-refractivity contribution is 6.25. The third-order valence-corrected chi connectivity index (χ3v) is 5.37. The quantitative estimate of drug-likeness (QED) is 0.302. The zero-order valence-electron chi connectivity index (χ0n) is 12.9. The van der Waals surface area contributed by atoms with Crippen molar-refractivity contribution in [2.24, 2.45) is 0 Å². The second-order valence-corrected chi connectivity index (χ2v) is 6.67. The summed E-state index contributed by atoms with van der Waals surface area (Å²) in [6, 6.07) is 24.7. The maximum absolute atomic E-state index is 2.41. The largest absolute Gasteiger partial charge is 0.0616 e. The van der Waals surface area contributed by atoms with Gasteiger partial charge in [-0.05, 0) is 73.8 Å². The van der Waals surface area contributed by atoms with Gasteiger partial charge in [0, 0.05) is 0 Å². The number of hydrogen-bond donors (Lipinski definition) is 0. The molecule has 0 aromatic heterocycles. The summed E-state index contributed by atoms with van der Waals surface area (Å²) in [5, 5.41) is 2.85. The number of fused-ring (bicyclic) bond motifs is 8. The van der Waals surface area contributed by atoms with Crippen molar-refractivity contribution in [1.82, 2.24) is 0 Å². The molecule has 0 bridgehead atoms. The van der Waals surface area contributed by atoms with Gasteiger partial charge in [0.2, 0.25) is 0 Å². The first-order chi connectivity index (χ1) is 11.3. The third kappa shape index (κ3) is 1.25. The van der Waals surface area contributed by atoms with Gasteiger partial charge >= 0.3 is 0 Å². The summed E-state index contributed by atoms with van der Waals surface area (Å²) in [5.74, 6) is 0. The highest BCUT2D eigenvalue weighted by Gasteiger charge is 2.30. The van der Waals surface area contributed by atoms with Gasteiger partial charge in [0.15, 0.2) is 0 Å². The van der Waals surface area contributed by atoms with Gasteiger partial charge in [0.05, 0.1) is 0 Å². The molecule has 0 N–H and O–H groups in total. The Labute approximate surface area is 135 Å². The lowest BCUT2D eigenvalue weighted by Gasteiger charge is -2.27. The number of rotatable bonds is 0. The van der Waals surface area contributed by atoms with Crippen LogP contribution < -0.4 is 0 Å². The van der Waals surface area contributed by atoms with E-state index in [9.17, 15) is 0 Å². The lowest BCUT2D eigenvalue weighted by molar-refractivity contribution is 1.50. The van der Waals surface area contributed by atoms with Crippen molar-refractivity contribution in [3.63, 3.8) is 0 Å². The molecule has 2 aliphatic carbocycles. The molecule has 2 aliphatic rings. The Morgan fingerprint density at radius 3 is 1.78 bits per heavy atom. The van der Waals surface area contributed by atoms with Crippen LogP contribution in [0.4, 0.5) is 0 Å². The summed E-state index contributed by atoms with van der Waals surface area (Å²) in [6.07, 6.45) is 0. The molecule has 0 heterocycles. The average molecular weight is 290 g/mol. The lowest BCUT2D eigenvalue weighted by atomic mass is 9.76. The van der Waals surface area contributed by atoms with Gasteiger partial charge in [-0.3, -0.25) is 0 Å². The van der Waals surface area contributed by atoms with E-state index < -0.39 is 0 Å². The third-order valence-electron chi connectivity index (χ3n) is 5.37. The van der Waals surface area contributed by atoms with Crippen molar-refractivity contribution in [1.29, 1.82) is 0 Å². The minimum absolute atomic E-state index is 1.34. The molecule has 0 radical (unpaired) electrons. The van der Waals surface area contributed by atoms with Crippen molar-refractivity contribution in [3.05, 3.63) is 72.3 Å². The predicted molar refractivity (Wildman–Crippen MR) is 97.5 cm³/mol. The van der Waals surface area contributed by atoms with E-state index in [1.54, 1.807) is 0 Å². The van der Waals surface area contributed by atoms with Crippen LogP contribution in [-0.4, -0.2) is 0 Å². The SMILES string of the molecule is Cc1cc2c3c(cc4c(c3c1)-c1ccccc1-4)-c1ccccc1-2. The highest BCUT2D eigenvalue weighted by atomic mass is 14.3. The highest BCUT2D eigenvalue weighted by Crippen LogP contribution is 2.57. The van der Waals surface area contributed by atoms with E-state index >= 15 is 0 Å². The first-order valence-corrected chi connectivity index (χ1v) is 8.14. The molecule has 6 rings (SSSR count). The summed E-state index contributed by atoms with van der Waals surface area (Å²) in [6.45, 7) is 2.21. The molecule has 0 unspecified atom stereocenters. The van der Waals surface area contributed by atoms with E-state index in [-0.39, 0.29) is 0 Å². The average Bonchev–Trinajstić information content (AvgIpc) is 2.88. The molecule has 4 aromatic rings. The molecule has 23 heavy (non-hydrogen) atoms. The topological polar surface area (TPSA) is 0 Å². The maximum Gasteiger partial charge on any atom is -0.00195 e. The van der Waals surface area contributed by atoms with Crippen LogP contribution in [0.15, 0.2) is 66.7 Å². The minimum Gasteiger partial charge on any atom is -0.0616 e. The Hall–Kier alpha value is -2.86. The van der Waals surface area contributed by atoms with Gasteiger partial charge in [-0.15, -0.1) is 0 Å². The number of hydrogen-bond acceptors (Lipinski definition) is 0. The van der Waals surface area contributed by atoms with Gasteiger partial charge in [0.25, 0.3) is 0 Å². The second kappa shape index (κ2) is 3.72. The molecule has 0 nitrogen and oxygen atoms in total. The summed E-state index contributed by atoms with van der Waals surface area (Å²) < 4.78 is 0. The molecule has 106 valence electrons. The maximum atomic E-state index is 2.41. The monoisotopic (exact) mass is 290 g/mol. The van der Waals surface area contributed by atoms with Crippen molar-refractivity contribution in [2.45, 2.75) is 6.92 Å². The van der Waals surface area contributed by atoms with Crippen LogP contribution >= 0.6 is 0 Å². The van der Waals surface area contributed by atoms with Crippen LogP contribution in [0.2, 0.25) is 0 Å². The molecule has 0 heteroatoms. The molecule has 0 aliphatic heterocycles. The fourth-order valence-electron chi connectivity index (χ4n) is 4.46. The molecule has 4 aromatic carbocycles. The molecule has 0 saturated heterocycles. The Balaban J connectivity index is 1.85. The first-order valence-electron chi connectivity index (χ1n) is 8.14. The Bertz CT molecular complexity index is 1160. The molecule has 0 amide bonds. The summed E-state index contributed by atoms with van der Waals surface area (Å²) in [7, 11) is 0. The fourth-order valence-corrected chi connectivity index (χ4v) is 4.46. The Morgan fingerprint density at radius 2 is 1.09 bits per heavy atom. The van der Waals surface area contributed by atoms with Gasteiger partial charge in [0.1, 0.15) is 0 Å². The summed E-state index contributed by atoms with van der Waals surface area (Å²) in [4.78, 5) is 0. The number of aryl methyl sites for hydroxylation is 1. The molecule has 0 spiro atoms. The van der Waals surface area contributed by atoms with Crippen LogP contribution in [0.1, 0.15) is 5.56 Å². The van der Waals surface area contributed by atoms with Gasteiger partial charge < -0.3 is 0 Å². The van der Waals surface area contributed by atoms with Gasteiger partial charge in [-0.2, -0.15) is 0 Å². The Kier molecular flexibility index (Phi) is 1.89. The standard InChI is InChI=1S/C23H14/c1-13-10-18-14-6-2-3-7-15(14)19-12-20-16-8-4-5-9-17(16)22(20)21(11-13)23(18)19/h2-12H,1H3. The predicted octanol–water partition coefficient (Wildman–Crippen LogP) is 6.44. The normalized spacial score (nSPS) is 12.6. The molecular weight excluding hydrogens is 276 g/mol.